The fraction of sp³-hybridized carbons (Fsp3) is 0.875. The van der Waals surface area contributed by atoms with E-state index in [1.54, 1.807) is 0 Å². The van der Waals surface area contributed by atoms with Crippen LogP contribution in [0.5, 0.6) is 0 Å². The van der Waals surface area contributed by atoms with Crippen LogP contribution < -0.4 is 0 Å². The molecule has 0 unspecified atom stereocenters. The molecule has 1 fully saturated rings. The summed E-state index contributed by atoms with van der Waals surface area (Å²) in [4.78, 5) is 15.1. The lowest BCUT2D eigenvalue weighted by Gasteiger charge is -2.18. The highest BCUT2D eigenvalue weighted by atomic mass is 16.2. The zero-order valence-corrected chi connectivity index (χ0v) is 7.34. The Labute approximate surface area is 68.0 Å². The van der Waals surface area contributed by atoms with Gasteiger partial charge in [0.05, 0.1) is 0 Å². The van der Waals surface area contributed by atoms with Gasteiger partial charge in [-0.05, 0) is 20.5 Å². The number of amides is 1. The van der Waals surface area contributed by atoms with Crippen molar-refractivity contribution in [2.24, 2.45) is 0 Å². The van der Waals surface area contributed by atoms with Gasteiger partial charge in [0.2, 0.25) is 5.91 Å². The number of carbonyl (C=O) groups is 1. The Bertz CT molecular complexity index is 145. The summed E-state index contributed by atoms with van der Waals surface area (Å²) in [6, 6.07) is 0. The third kappa shape index (κ3) is 2.50. The van der Waals surface area contributed by atoms with Gasteiger partial charge < -0.3 is 9.80 Å². The molecule has 0 aromatic carbocycles. The molecule has 0 spiro atoms. The SMILES string of the molecule is CN(C)CCN1CCCC1=O. The Balaban J connectivity index is 2.20. The summed E-state index contributed by atoms with van der Waals surface area (Å²) in [5.41, 5.74) is 0. The summed E-state index contributed by atoms with van der Waals surface area (Å²) in [7, 11) is 4.06. The minimum atomic E-state index is 0.326. The van der Waals surface area contributed by atoms with Crippen molar-refractivity contribution in [3.8, 4) is 0 Å². The van der Waals surface area contributed by atoms with Crippen LogP contribution in [0.1, 0.15) is 12.8 Å². The average molecular weight is 156 g/mol. The molecule has 1 saturated heterocycles. The zero-order chi connectivity index (χ0) is 8.27. The largest absolute Gasteiger partial charge is 0.341 e. The Morgan fingerprint density at radius 1 is 1.55 bits per heavy atom. The summed E-state index contributed by atoms with van der Waals surface area (Å²) in [6.07, 6.45) is 1.81. The van der Waals surface area contributed by atoms with Gasteiger partial charge in [0.15, 0.2) is 0 Å². The van der Waals surface area contributed by atoms with Crippen molar-refractivity contribution in [3.63, 3.8) is 0 Å². The molecule has 11 heavy (non-hydrogen) atoms. The summed E-state index contributed by atoms with van der Waals surface area (Å²) >= 11 is 0. The zero-order valence-electron chi connectivity index (χ0n) is 7.34. The van der Waals surface area contributed by atoms with E-state index in [9.17, 15) is 4.79 Å². The number of hydrogen-bond donors (Lipinski definition) is 0. The fourth-order valence-electron chi connectivity index (χ4n) is 1.26. The number of hydrogen-bond acceptors (Lipinski definition) is 2. The van der Waals surface area contributed by atoms with Gasteiger partial charge in [0.1, 0.15) is 0 Å². The van der Waals surface area contributed by atoms with E-state index in [-0.39, 0.29) is 0 Å². The highest BCUT2D eigenvalue weighted by Gasteiger charge is 2.18. The topological polar surface area (TPSA) is 23.6 Å². The standard InChI is InChI=1S/C8H16N2O/c1-9(2)6-7-10-5-3-4-8(10)11/h3-7H2,1-2H3. The number of likely N-dealkylation sites (tertiary alicyclic amines) is 1. The first-order valence-electron chi connectivity index (χ1n) is 4.12. The lowest BCUT2D eigenvalue weighted by Crippen LogP contribution is -2.32. The van der Waals surface area contributed by atoms with E-state index in [2.05, 4.69) is 4.90 Å². The highest BCUT2D eigenvalue weighted by molar-refractivity contribution is 5.78. The molecule has 0 bridgehead atoms. The molecule has 0 saturated carbocycles. The summed E-state index contributed by atoms with van der Waals surface area (Å²) in [6.45, 7) is 2.84. The van der Waals surface area contributed by atoms with Crippen molar-refractivity contribution in [2.75, 3.05) is 33.7 Å². The van der Waals surface area contributed by atoms with Crippen molar-refractivity contribution in [3.05, 3.63) is 0 Å². The van der Waals surface area contributed by atoms with Crippen LogP contribution in [0.4, 0.5) is 0 Å². The minimum Gasteiger partial charge on any atom is -0.341 e. The van der Waals surface area contributed by atoms with Crippen molar-refractivity contribution >= 4 is 5.91 Å². The van der Waals surface area contributed by atoms with Crippen molar-refractivity contribution in [2.45, 2.75) is 12.8 Å². The first kappa shape index (κ1) is 8.53. The molecule has 1 aliphatic heterocycles. The molecule has 3 heteroatoms. The first-order valence-corrected chi connectivity index (χ1v) is 4.12. The van der Waals surface area contributed by atoms with Gasteiger partial charge in [0.25, 0.3) is 0 Å². The van der Waals surface area contributed by atoms with Crippen LogP contribution in [-0.4, -0.2) is 49.4 Å². The van der Waals surface area contributed by atoms with E-state index in [4.69, 9.17) is 0 Å². The maximum atomic E-state index is 11.1. The Hall–Kier alpha value is -0.570. The van der Waals surface area contributed by atoms with Crippen molar-refractivity contribution < 1.29 is 4.79 Å². The average Bonchev–Trinajstić information content (AvgIpc) is 2.31. The van der Waals surface area contributed by atoms with Gasteiger partial charge in [-0.2, -0.15) is 0 Å². The van der Waals surface area contributed by atoms with Gasteiger partial charge >= 0.3 is 0 Å². The monoisotopic (exact) mass is 156 g/mol. The van der Waals surface area contributed by atoms with E-state index in [1.165, 1.54) is 0 Å². The van der Waals surface area contributed by atoms with Crippen LogP contribution in [0.2, 0.25) is 0 Å². The third-order valence-corrected chi connectivity index (χ3v) is 1.99. The molecule has 1 heterocycles. The molecule has 0 N–H and O–H groups in total. The summed E-state index contributed by atoms with van der Waals surface area (Å²) in [5, 5.41) is 0. The quantitative estimate of drug-likeness (QED) is 0.581. The van der Waals surface area contributed by atoms with Gasteiger partial charge in [-0.15, -0.1) is 0 Å². The molecule has 0 atom stereocenters. The maximum Gasteiger partial charge on any atom is 0.222 e. The Morgan fingerprint density at radius 2 is 2.27 bits per heavy atom. The summed E-state index contributed by atoms with van der Waals surface area (Å²) in [5.74, 6) is 0.326. The van der Waals surface area contributed by atoms with E-state index >= 15 is 0 Å². The molecule has 0 aromatic heterocycles. The fourth-order valence-corrected chi connectivity index (χ4v) is 1.26. The van der Waals surface area contributed by atoms with Crippen LogP contribution in [0, 0.1) is 0 Å². The second-order valence-corrected chi connectivity index (χ2v) is 3.29. The predicted molar refractivity (Wildman–Crippen MR) is 44.4 cm³/mol. The van der Waals surface area contributed by atoms with Crippen molar-refractivity contribution in [1.82, 2.24) is 9.80 Å². The molecule has 3 nitrogen and oxygen atoms in total. The van der Waals surface area contributed by atoms with E-state index in [0.717, 1.165) is 32.5 Å². The van der Waals surface area contributed by atoms with E-state index in [1.807, 2.05) is 19.0 Å². The molecule has 0 radical (unpaired) electrons. The van der Waals surface area contributed by atoms with Gasteiger partial charge in [-0.3, -0.25) is 4.79 Å². The normalized spacial score (nSPS) is 18.5. The predicted octanol–water partition coefficient (Wildman–Crippen LogP) is 0.170. The van der Waals surface area contributed by atoms with E-state index < -0.39 is 0 Å². The first-order chi connectivity index (χ1) is 5.20. The smallest absolute Gasteiger partial charge is 0.222 e. The lowest BCUT2D eigenvalue weighted by molar-refractivity contribution is -0.127. The molecule has 64 valence electrons. The second-order valence-electron chi connectivity index (χ2n) is 3.29. The minimum absolute atomic E-state index is 0.326. The van der Waals surface area contributed by atoms with Crippen LogP contribution in [-0.2, 0) is 4.79 Å². The molecular weight excluding hydrogens is 140 g/mol. The second kappa shape index (κ2) is 3.72. The summed E-state index contributed by atoms with van der Waals surface area (Å²) < 4.78 is 0. The Kier molecular flexibility index (Phi) is 2.88. The van der Waals surface area contributed by atoms with Crippen LogP contribution in [0.25, 0.3) is 0 Å². The molecule has 0 aromatic rings. The van der Waals surface area contributed by atoms with Gasteiger partial charge in [-0.25, -0.2) is 0 Å². The van der Waals surface area contributed by atoms with Crippen molar-refractivity contribution in [1.29, 1.82) is 0 Å². The lowest BCUT2D eigenvalue weighted by atomic mass is 10.4. The molecule has 1 rings (SSSR count). The maximum absolute atomic E-state index is 11.1. The number of rotatable bonds is 3. The van der Waals surface area contributed by atoms with Gasteiger partial charge in [0, 0.05) is 26.1 Å². The van der Waals surface area contributed by atoms with Crippen LogP contribution >= 0.6 is 0 Å². The molecule has 1 aliphatic rings. The molecular formula is C8H16N2O. The van der Waals surface area contributed by atoms with Crippen LogP contribution in [0.3, 0.4) is 0 Å². The number of nitrogens with zero attached hydrogens (tertiary/aromatic N) is 2. The number of carbonyl (C=O) groups excluding carboxylic acids is 1. The van der Waals surface area contributed by atoms with Gasteiger partial charge in [-0.1, -0.05) is 0 Å². The molecule has 0 aliphatic carbocycles. The van der Waals surface area contributed by atoms with Crippen LogP contribution in [0.15, 0.2) is 0 Å². The van der Waals surface area contributed by atoms with E-state index in [0.29, 0.717) is 5.91 Å². The molecule has 1 amide bonds. The Morgan fingerprint density at radius 3 is 2.73 bits per heavy atom. The highest BCUT2D eigenvalue weighted by Crippen LogP contribution is 2.08. The third-order valence-electron chi connectivity index (χ3n) is 1.99. The number of likely N-dealkylation sites (N-methyl/N-ethyl adjacent to an activating group) is 1.